The molecule has 1 unspecified atom stereocenters. The molecule has 2 fully saturated rings. The minimum absolute atomic E-state index is 0.0846. The molecule has 2 N–H and O–H groups in total. The van der Waals surface area contributed by atoms with E-state index in [9.17, 15) is 9.59 Å². The van der Waals surface area contributed by atoms with E-state index in [0.29, 0.717) is 31.3 Å². The molecule has 4 rings (SSSR count). The molecule has 3 amide bonds. The van der Waals surface area contributed by atoms with Crippen LogP contribution in [0, 0.1) is 5.92 Å². The van der Waals surface area contributed by atoms with Crippen molar-refractivity contribution in [2.45, 2.75) is 31.9 Å². The quantitative estimate of drug-likeness (QED) is 0.744. The summed E-state index contributed by atoms with van der Waals surface area (Å²) in [6.45, 7) is 1.84. The molecule has 1 aliphatic heterocycles. The summed E-state index contributed by atoms with van der Waals surface area (Å²) in [6, 6.07) is 15.0. The highest BCUT2D eigenvalue weighted by molar-refractivity contribution is 6.31. The van der Waals surface area contributed by atoms with Gasteiger partial charge in [0.2, 0.25) is 5.91 Å². The van der Waals surface area contributed by atoms with Crippen LogP contribution < -0.4 is 10.6 Å². The smallest absolute Gasteiger partial charge is 0.317 e. The monoisotopic (exact) mass is 427 g/mol. The van der Waals surface area contributed by atoms with Crippen molar-refractivity contribution in [2.75, 3.05) is 25.0 Å². The Morgan fingerprint density at radius 2 is 1.97 bits per heavy atom. The molecule has 1 saturated carbocycles. The molecular formula is C23H26ClN3O3. The Morgan fingerprint density at radius 1 is 1.13 bits per heavy atom. The zero-order valence-electron chi connectivity index (χ0n) is 16.8. The Bertz CT molecular complexity index is 916. The van der Waals surface area contributed by atoms with Crippen molar-refractivity contribution in [1.29, 1.82) is 0 Å². The molecule has 2 aliphatic rings. The van der Waals surface area contributed by atoms with Gasteiger partial charge < -0.3 is 20.3 Å². The number of hydrogen-bond donors (Lipinski definition) is 2. The normalized spacial score (nSPS) is 19.1. The fraction of sp³-hybridized carbons (Fsp3) is 0.391. The average Bonchev–Trinajstić information content (AvgIpc) is 2.71. The first-order valence-corrected chi connectivity index (χ1v) is 10.8. The number of amides is 3. The van der Waals surface area contributed by atoms with Crippen LogP contribution in [0.2, 0.25) is 5.02 Å². The predicted molar refractivity (Wildman–Crippen MR) is 116 cm³/mol. The fourth-order valence-corrected chi connectivity index (χ4v) is 3.98. The van der Waals surface area contributed by atoms with Gasteiger partial charge in [0, 0.05) is 35.3 Å². The number of benzene rings is 2. The van der Waals surface area contributed by atoms with E-state index in [2.05, 4.69) is 10.6 Å². The van der Waals surface area contributed by atoms with Gasteiger partial charge in [0.15, 0.2) is 0 Å². The molecule has 1 heterocycles. The first-order chi connectivity index (χ1) is 14.6. The number of carbonyl (C=O) groups excluding carboxylic acids is 2. The summed E-state index contributed by atoms with van der Waals surface area (Å²) in [4.78, 5) is 26.6. The second-order valence-electron chi connectivity index (χ2n) is 7.80. The summed E-state index contributed by atoms with van der Waals surface area (Å²) in [6.07, 6.45) is 2.83. The Hall–Kier alpha value is -2.57. The number of ether oxygens (including phenoxy) is 1. The van der Waals surface area contributed by atoms with Crippen molar-refractivity contribution in [3.8, 4) is 0 Å². The predicted octanol–water partition coefficient (Wildman–Crippen LogP) is 4.36. The lowest BCUT2D eigenvalue weighted by molar-refractivity contribution is -0.122. The summed E-state index contributed by atoms with van der Waals surface area (Å²) >= 11 is 6.28. The van der Waals surface area contributed by atoms with E-state index in [-0.39, 0.29) is 24.0 Å². The summed E-state index contributed by atoms with van der Waals surface area (Å²) in [5.41, 5.74) is 2.60. The molecule has 1 atom stereocenters. The number of rotatable bonds is 5. The number of halogens is 1. The SMILES string of the molecule is O=C(Nc1cccc(CNC(=O)N2CCOC(c3ccccc3Cl)C2)c1)C1CCC1. The van der Waals surface area contributed by atoms with Crippen molar-refractivity contribution in [1.82, 2.24) is 10.2 Å². The molecule has 2 aromatic carbocycles. The lowest BCUT2D eigenvalue weighted by Gasteiger charge is -2.33. The summed E-state index contributed by atoms with van der Waals surface area (Å²) < 4.78 is 5.83. The van der Waals surface area contributed by atoms with E-state index in [1.807, 2.05) is 48.5 Å². The minimum atomic E-state index is -0.233. The number of morpholine rings is 1. The highest BCUT2D eigenvalue weighted by Crippen LogP contribution is 2.29. The van der Waals surface area contributed by atoms with Crippen molar-refractivity contribution in [2.24, 2.45) is 5.92 Å². The van der Waals surface area contributed by atoms with Crippen LogP contribution in [0.15, 0.2) is 48.5 Å². The Balaban J connectivity index is 1.31. The maximum atomic E-state index is 12.7. The fourth-order valence-electron chi connectivity index (χ4n) is 3.72. The van der Waals surface area contributed by atoms with Gasteiger partial charge in [-0.2, -0.15) is 0 Å². The van der Waals surface area contributed by atoms with Crippen molar-refractivity contribution >= 4 is 29.2 Å². The average molecular weight is 428 g/mol. The molecular weight excluding hydrogens is 402 g/mol. The molecule has 2 aromatic rings. The van der Waals surface area contributed by atoms with Gasteiger partial charge in [0.05, 0.1) is 13.2 Å². The number of nitrogens with one attached hydrogen (secondary N) is 2. The van der Waals surface area contributed by atoms with E-state index < -0.39 is 0 Å². The molecule has 158 valence electrons. The van der Waals surface area contributed by atoms with Crippen LogP contribution in [0.1, 0.15) is 36.5 Å². The number of urea groups is 1. The minimum Gasteiger partial charge on any atom is -0.370 e. The molecule has 7 heteroatoms. The van der Waals surface area contributed by atoms with Gasteiger partial charge in [0.25, 0.3) is 0 Å². The zero-order valence-corrected chi connectivity index (χ0v) is 17.5. The number of hydrogen-bond acceptors (Lipinski definition) is 3. The molecule has 1 aliphatic carbocycles. The highest BCUT2D eigenvalue weighted by atomic mass is 35.5. The van der Waals surface area contributed by atoms with Crippen LogP contribution in [-0.2, 0) is 16.1 Å². The van der Waals surface area contributed by atoms with Crippen molar-refractivity contribution in [3.63, 3.8) is 0 Å². The third kappa shape index (κ3) is 4.94. The molecule has 30 heavy (non-hydrogen) atoms. The van der Waals surface area contributed by atoms with Crippen LogP contribution in [0.5, 0.6) is 0 Å². The Labute approximate surface area is 181 Å². The topological polar surface area (TPSA) is 70.7 Å². The van der Waals surface area contributed by atoms with E-state index in [1.54, 1.807) is 4.90 Å². The largest absolute Gasteiger partial charge is 0.370 e. The van der Waals surface area contributed by atoms with Crippen LogP contribution in [-0.4, -0.2) is 36.5 Å². The maximum absolute atomic E-state index is 12.7. The molecule has 1 saturated heterocycles. The second-order valence-corrected chi connectivity index (χ2v) is 8.21. The Morgan fingerprint density at radius 3 is 2.73 bits per heavy atom. The molecule has 6 nitrogen and oxygen atoms in total. The number of carbonyl (C=O) groups is 2. The zero-order chi connectivity index (χ0) is 20.9. The Kier molecular flexibility index (Phi) is 6.55. The van der Waals surface area contributed by atoms with Crippen LogP contribution in [0.3, 0.4) is 0 Å². The van der Waals surface area contributed by atoms with Crippen LogP contribution in [0.4, 0.5) is 10.5 Å². The van der Waals surface area contributed by atoms with Crippen molar-refractivity contribution in [3.05, 3.63) is 64.7 Å². The summed E-state index contributed by atoms with van der Waals surface area (Å²) in [7, 11) is 0. The van der Waals surface area contributed by atoms with E-state index in [0.717, 1.165) is 36.1 Å². The van der Waals surface area contributed by atoms with Gasteiger partial charge >= 0.3 is 6.03 Å². The lowest BCUT2D eigenvalue weighted by Crippen LogP contribution is -2.47. The molecule has 0 aromatic heterocycles. The molecule has 0 spiro atoms. The van der Waals surface area contributed by atoms with Crippen LogP contribution in [0.25, 0.3) is 0 Å². The van der Waals surface area contributed by atoms with Gasteiger partial charge in [-0.15, -0.1) is 0 Å². The summed E-state index contributed by atoms with van der Waals surface area (Å²) in [5.74, 6) is 0.224. The van der Waals surface area contributed by atoms with Gasteiger partial charge in [-0.25, -0.2) is 4.79 Å². The lowest BCUT2D eigenvalue weighted by atomic mass is 9.85. The third-order valence-corrected chi connectivity index (χ3v) is 6.06. The van der Waals surface area contributed by atoms with E-state index in [1.165, 1.54) is 0 Å². The molecule has 0 bridgehead atoms. The first kappa shape index (κ1) is 20.7. The van der Waals surface area contributed by atoms with E-state index >= 15 is 0 Å². The number of nitrogens with zero attached hydrogens (tertiary/aromatic N) is 1. The van der Waals surface area contributed by atoms with E-state index in [4.69, 9.17) is 16.3 Å². The highest BCUT2D eigenvalue weighted by Gasteiger charge is 2.27. The third-order valence-electron chi connectivity index (χ3n) is 5.72. The molecule has 0 radical (unpaired) electrons. The van der Waals surface area contributed by atoms with Crippen molar-refractivity contribution < 1.29 is 14.3 Å². The van der Waals surface area contributed by atoms with Gasteiger partial charge in [-0.05, 0) is 36.6 Å². The first-order valence-electron chi connectivity index (χ1n) is 10.4. The standard InChI is InChI=1S/C23H26ClN3O3/c24-20-10-2-1-9-19(20)21-15-27(11-12-30-21)23(29)25-14-16-5-3-8-18(13-16)26-22(28)17-6-4-7-17/h1-3,5,8-10,13,17,21H,4,6-7,11-12,14-15H2,(H,25,29)(H,26,28). The second kappa shape index (κ2) is 9.49. The maximum Gasteiger partial charge on any atom is 0.317 e. The van der Waals surface area contributed by atoms with Gasteiger partial charge in [0.1, 0.15) is 6.10 Å². The van der Waals surface area contributed by atoms with Gasteiger partial charge in [-0.1, -0.05) is 48.4 Å². The van der Waals surface area contributed by atoms with Gasteiger partial charge in [-0.3, -0.25) is 4.79 Å². The van der Waals surface area contributed by atoms with Crippen LogP contribution >= 0.6 is 11.6 Å². The summed E-state index contributed by atoms with van der Waals surface area (Å²) in [5, 5.41) is 6.58. The number of anilines is 1.